The van der Waals surface area contributed by atoms with Crippen LogP contribution in [0.2, 0.25) is 5.15 Å². The van der Waals surface area contributed by atoms with Crippen LogP contribution >= 0.6 is 11.6 Å². The van der Waals surface area contributed by atoms with E-state index in [1.54, 1.807) is 0 Å². The molecule has 1 aromatic heterocycles. The van der Waals surface area contributed by atoms with E-state index in [4.69, 9.17) is 11.6 Å². The molecule has 0 saturated carbocycles. The number of piperidine rings is 1. The molecule has 2 atom stereocenters. The lowest BCUT2D eigenvalue weighted by Gasteiger charge is -2.25. The third-order valence-electron chi connectivity index (χ3n) is 3.67. The second-order valence-corrected chi connectivity index (χ2v) is 5.07. The van der Waals surface area contributed by atoms with Crippen LogP contribution in [0.3, 0.4) is 0 Å². The molecular formula is C13H15ClN2. The standard InChI is InChI=1S/C13H15ClN2/c14-13-2-1-10(8-16-13)11-5-9-3-4-15-7-12(9)6-11/h1-2,6,8-9,12,15H,3-5,7H2/t9-,12-/m0/s1. The van der Waals surface area contributed by atoms with E-state index in [9.17, 15) is 0 Å². The van der Waals surface area contributed by atoms with Crippen molar-refractivity contribution in [2.75, 3.05) is 13.1 Å². The fraction of sp³-hybridized carbons (Fsp3) is 0.462. The second-order valence-electron chi connectivity index (χ2n) is 4.68. The lowest BCUT2D eigenvalue weighted by Crippen LogP contribution is -2.33. The lowest BCUT2D eigenvalue weighted by atomic mass is 9.89. The molecule has 1 saturated heterocycles. The molecule has 2 heterocycles. The molecule has 1 fully saturated rings. The third kappa shape index (κ3) is 1.87. The molecule has 16 heavy (non-hydrogen) atoms. The highest BCUT2D eigenvalue weighted by atomic mass is 35.5. The van der Waals surface area contributed by atoms with Crippen LogP contribution in [0.4, 0.5) is 0 Å². The Bertz CT molecular complexity index is 410. The van der Waals surface area contributed by atoms with Crippen molar-refractivity contribution >= 4 is 17.2 Å². The number of nitrogens with one attached hydrogen (secondary N) is 1. The van der Waals surface area contributed by atoms with Crippen molar-refractivity contribution in [3.05, 3.63) is 35.1 Å². The molecular weight excluding hydrogens is 220 g/mol. The van der Waals surface area contributed by atoms with Gasteiger partial charge in [-0.3, -0.25) is 0 Å². The topological polar surface area (TPSA) is 24.9 Å². The molecule has 0 bridgehead atoms. The highest BCUT2D eigenvalue weighted by Crippen LogP contribution is 2.39. The van der Waals surface area contributed by atoms with Crippen molar-refractivity contribution in [2.24, 2.45) is 11.8 Å². The Labute approximate surface area is 101 Å². The summed E-state index contributed by atoms with van der Waals surface area (Å²) < 4.78 is 0. The molecule has 0 amide bonds. The van der Waals surface area contributed by atoms with Gasteiger partial charge in [0.15, 0.2) is 0 Å². The molecule has 2 nitrogen and oxygen atoms in total. The van der Waals surface area contributed by atoms with Crippen LogP contribution in [0, 0.1) is 11.8 Å². The van der Waals surface area contributed by atoms with Crippen LogP contribution in [0.5, 0.6) is 0 Å². The molecule has 1 aromatic rings. The second kappa shape index (κ2) is 4.19. The van der Waals surface area contributed by atoms with Gasteiger partial charge in [0.05, 0.1) is 0 Å². The number of hydrogen-bond donors (Lipinski definition) is 1. The predicted molar refractivity (Wildman–Crippen MR) is 66.3 cm³/mol. The molecule has 84 valence electrons. The first kappa shape index (κ1) is 10.3. The maximum absolute atomic E-state index is 5.80. The first-order valence-electron chi connectivity index (χ1n) is 5.86. The molecule has 2 aliphatic rings. The van der Waals surface area contributed by atoms with Gasteiger partial charge in [-0.25, -0.2) is 4.98 Å². The summed E-state index contributed by atoms with van der Waals surface area (Å²) in [4.78, 5) is 4.15. The summed E-state index contributed by atoms with van der Waals surface area (Å²) >= 11 is 5.80. The zero-order valence-electron chi connectivity index (χ0n) is 9.12. The van der Waals surface area contributed by atoms with E-state index < -0.39 is 0 Å². The summed E-state index contributed by atoms with van der Waals surface area (Å²) in [5, 5.41) is 4.03. The Morgan fingerprint density at radius 2 is 2.31 bits per heavy atom. The molecule has 1 N–H and O–H groups in total. The molecule has 3 rings (SSSR count). The maximum Gasteiger partial charge on any atom is 0.129 e. The largest absolute Gasteiger partial charge is 0.316 e. The Hall–Kier alpha value is -0.860. The number of pyridine rings is 1. The van der Waals surface area contributed by atoms with Gasteiger partial charge in [-0.1, -0.05) is 23.7 Å². The maximum atomic E-state index is 5.80. The molecule has 1 aliphatic heterocycles. The average Bonchev–Trinajstić information content (AvgIpc) is 2.73. The van der Waals surface area contributed by atoms with Crippen LogP contribution in [-0.2, 0) is 0 Å². The molecule has 0 aromatic carbocycles. The summed E-state index contributed by atoms with van der Waals surface area (Å²) in [5.41, 5.74) is 2.68. The average molecular weight is 235 g/mol. The van der Waals surface area contributed by atoms with Crippen molar-refractivity contribution in [2.45, 2.75) is 12.8 Å². The van der Waals surface area contributed by atoms with Crippen molar-refractivity contribution in [3.63, 3.8) is 0 Å². The predicted octanol–water partition coefficient (Wildman–Crippen LogP) is 2.75. The summed E-state index contributed by atoms with van der Waals surface area (Å²) in [6.45, 7) is 2.30. The summed E-state index contributed by atoms with van der Waals surface area (Å²) in [6, 6.07) is 3.95. The number of allylic oxidation sites excluding steroid dienone is 1. The van der Waals surface area contributed by atoms with Gasteiger partial charge < -0.3 is 5.32 Å². The van der Waals surface area contributed by atoms with Gasteiger partial charge >= 0.3 is 0 Å². The van der Waals surface area contributed by atoms with Gasteiger partial charge in [-0.15, -0.1) is 0 Å². The summed E-state index contributed by atoms with van der Waals surface area (Å²) in [7, 11) is 0. The number of aromatic nitrogens is 1. The van der Waals surface area contributed by atoms with Crippen LogP contribution in [0.1, 0.15) is 18.4 Å². The van der Waals surface area contributed by atoms with Gasteiger partial charge in [0.2, 0.25) is 0 Å². The molecule has 3 heteroatoms. The van der Waals surface area contributed by atoms with Crippen LogP contribution in [-0.4, -0.2) is 18.1 Å². The Kier molecular flexibility index (Phi) is 2.70. The monoisotopic (exact) mass is 234 g/mol. The van der Waals surface area contributed by atoms with Crippen molar-refractivity contribution in [3.8, 4) is 0 Å². The number of hydrogen-bond acceptors (Lipinski definition) is 2. The first-order valence-corrected chi connectivity index (χ1v) is 6.24. The van der Waals surface area contributed by atoms with Crippen molar-refractivity contribution in [1.82, 2.24) is 10.3 Å². The number of fused-ring (bicyclic) bond motifs is 1. The molecule has 1 aliphatic carbocycles. The zero-order chi connectivity index (χ0) is 11.0. The minimum atomic E-state index is 0.571. The highest BCUT2D eigenvalue weighted by molar-refractivity contribution is 6.29. The fourth-order valence-electron chi connectivity index (χ4n) is 2.77. The first-order chi connectivity index (χ1) is 7.83. The van der Waals surface area contributed by atoms with E-state index in [0.29, 0.717) is 5.15 Å². The third-order valence-corrected chi connectivity index (χ3v) is 3.90. The Balaban J connectivity index is 1.83. The van der Waals surface area contributed by atoms with Crippen molar-refractivity contribution in [1.29, 1.82) is 0 Å². The summed E-state index contributed by atoms with van der Waals surface area (Å²) in [6.07, 6.45) is 6.81. The molecule has 0 spiro atoms. The van der Waals surface area contributed by atoms with Crippen LogP contribution < -0.4 is 5.32 Å². The van der Waals surface area contributed by atoms with Gasteiger partial charge in [0.25, 0.3) is 0 Å². The molecule has 0 unspecified atom stereocenters. The Morgan fingerprint density at radius 3 is 3.06 bits per heavy atom. The normalized spacial score (nSPS) is 28.7. The summed E-state index contributed by atoms with van der Waals surface area (Å²) in [5.74, 6) is 1.56. The highest BCUT2D eigenvalue weighted by Gasteiger charge is 2.29. The van der Waals surface area contributed by atoms with E-state index >= 15 is 0 Å². The van der Waals surface area contributed by atoms with Gasteiger partial charge in [0.1, 0.15) is 5.15 Å². The van der Waals surface area contributed by atoms with Crippen molar-refractivity contribution < 1.29 is 0 Å². The van der Waals surface area contributed by atoms with Gasteiger partial charge in [-0.2, -0.15) is 0 Å². The van der Waals surface area contributed by atoms with E-state index in [0.717, 1.165) is 18.4 Å². The number of halogens is 1. The quantitative estimate of drug-likeness (QED) is 0.756. The number of nitrogens with zero attached hydrogens (tertiary/aromatic N) is 1. The minimum Gasteiger partial charge on any atom is -0.316 e. The van der Waals surface area contributed by atoms with E-state index in [1.165, 1.54) is 30.5 Å². The Morgan fingerprint density at radius 1 is 1.38 bits per heavy atom. The smallest absolute Gasteiger partial charge is 0.129 e. The van der Waals surface area contributed by atoms with Gasteiger partial charge in [-0.05, 0) is 48.4 Å². The SMILES string of the molecule is Clc1ccc(C2=C[C@H]3CNCC[C@H]3C2)cn1. The van der Waals surface area contributed by atoms with Gasteiger partial charge in [0, 0.05) is 12.7 Å². The minimum absolute atomic E-state index is 0.571. The van der Waals surface area contributed by atoms with Crippen LogP contribution in [0.15, 0.2) is 24.4 Å². The van der Waals surface area contributed by atoms with E-state index in [-0.39, 0.29) is 0 Å². The fourth-order valence-corrected chi connectivity index (χ4v) is 2.89. The van der Waals surface area contributed by atoms with E-state index in [2.05, 4.69) is 22.4 Å². The lowest BCUT2D eigenvalue weighted by molar-refractivity contribution is 0.323. The van der Waals surface area contributed by atoms with E-state index in [1.807, 2.05) is 12.3 Å². The zero-order valence-corrected chi connectivity index (χ0v) is 9.87. The van der Waals surface area contributed by atoms with Crippen LogP contribution in [0.25, 0.3) is 5.57 Å². The molecule has 0 radical (unpaired) electrons. The number of rotatable bonds is 1.